The van der Waals surface area contributed by atoms with Crippen LogP contribution in [0.5, 0.6) is 11.5 Å². The summed E-state index contributed by atoms with van der Waals surface area (Å²) in [7, 11) is 3.18. The van der Waals surface area contributed by atoms with E-state index in [1.165, 1.54) is 0 Å². The third kappa shape index (κ3) is 5.02. The van der Waals surface area contributed by atoms with Crippen LogP contribution in [0.15, 0.2) is 42.6 Å². The number of nitrogens with zero attached hydrogens (tertiary/aromatic N) is 2. The molecule has 0 unspecified atom stereocenters. The van der Waals surface area contributed by atoms with Gasteiger partial charge in [0.25, 0.3) is 0 Å². The van der Waals surface area contributed by atoms with Crippen molar-refractivity contribution in [1.29, 1.82) is 0 Å². The molecule has 29 heavy (non-hydrogen) atoms. The van der Waals surface area contributed by atoms with Gasteiger partial charge in [0.1, 0.15) is 5.82 Å². The van der Waals surface area contributed by atoms with Gasteiger partial charge in [0.2, 0.25) is 5.91 Å². The van der Waals surface area contributed by atoms with Crippen LogP contribution in [0.2, 0.25) is 10.0 Å². The quantitative estimate of drug-likeness (QED) is 0.583. The summed E-state index contributed by atoms with van der Waals surface area (Å²) >= 11 is 12.0. The third-order valence-electron chi connectivity index (χ3n) is 4.41. The van der Waals surface area contributed by atoms with E-state index in [1.54, 1.807) is 43.3 Å². The number of benzene rings is 2. The minimum absolute atomic E-state index is 0.166. The average molecular weight is 434 g/mol. The Morgan fingerprint density at radius 2 is 1.76 bits per heavy atom. The number of amides is 1. The molecule has 0 aliphatic rings. The van der Waals surface area contributed by atoms with Gasteiger partial charge in [0, 0.05) is 5.56 Å². The highest BCUT2D eigenvalue weighted by atomic mass is 35.5. The van der Waals surface area contributed by atoms with E-state index in [-0.39, 0.29) is 12.3 Å². The fourth-order valence-electron chi connectivity index (χ4n) is 2.92. The molecule has 0 spiro atoms. The van der Waals surface area contributed by atoms with Crippen molar-refractivity contribution in [1.82, 2.24) is 9.78 Å². The van der Waals surface area contributed by atoms with E-state index in [0.29, 0.717) is 33.9 Å². The number of methoxy groups -OCH3 is 2. The molecule has 2 aromatic carbocycles. The number of halogens is 2. The molecule has 152 valence electrons. The molecular weight excluding hydrogens is 413 g/mol. The first-order valence-electron chi connectivity index (χ1n) is 8.88. The maximum absolute atomic E-state index is 12.6. The van der Waals surface area contributed by atoms with Gasteiger partial charge in [0.15, 0.2) is 11.5 Å². The lowest BCUT2D eigenvalue weighted by Crippen LogP contribution is -2.18. The van der Waals surface area contributed by atoms with Crippen molar-refractivity contribution in [2.24, 2.45) is 0 Å². The number of aryl methyl sites for hydroxylation is 1. The average Bonchev–Trinajstić information content (AvgIpc) is 3.04. The van der Waals surface area contributed by atoms with E-state index in [4.69, 9.17) is 32.7 Å². The Morgan fingerprint density at radius 1 is 1.03 bits per heavy atom. The molecule has 1 amide bonds. The molecule has 3 aromatic rings. The summed E-state index contributed by atoms with van der Waals surface area (Å²) in [6.45, 7) is 2.36. The summed E-state index contributed by atoms with van der Waals surface area (Å²) in [5.74, 6) is 1.77. The van der Waals surface area contributed by atoms with E-state index in [2.05, 4.69) is 10.4 Å². The van der Waals surface area contributed by atoms with Crippen molar-refractivity contribution in [3.8, 4) is 11.5 Å². The van der Waals surface area contributed by atoms with Gasteiger partial charge in [-0.2, -0.15) is 5.10 Å². The fourth-order valence-corrected chi connectivity index (χ4v) is 3.25. The maximum Gasteiger partial charge on any atom is 0.229 e. The Balaban J connectivity index is 1.75. The molecule has 0 aliphatic heterocycles. The van der Waals surface area contributed by atoms with Gasteiger partial charge < -0.3 is 14.8 Å². The predicted molar refractivity (Wildman–Crippen MR) is 114 cm³/mol. The molecule has 0 aliphatic carbocycles. The van der Waals surface area contributed by atoms with E-state index in [1.807, 2.05) is 25.1 Å². The van der Waals surface area contributed by atoms with Crippen molar-refractivity contribution in [2.75, 3.05) is 19.5 Å². The summed E-state index contributed by atoms with van der Waals surface area (Å²) in [5.41, 5.74) is 2.61. The maximum atomic E-state index is 12.6. The molecule has 0 bridgehead atoms. The van der Waals surface area contributed by atoms with Gasteiger partial charge >= 0.3 is 0 Å². The monoisotopic (exact) mass is 433 g/mol. The SMILES string of the molecule is COc1ccc(Cn2ncc(C)c2NC(=O)Cc2ccc(Cl)c(Cl)c2)cc1OC. The molecule has 1 aromatic heterocycles. The van der Waals surface area contributed by atoms with Crippen molar-refractivity contribution in [3.05, 3.63) is 69.3 Å². The molecule has 6 nitrogen and oxygen atoms in total. The highest BCUT2D eigenvalue weighted by Gasteiger charge is 2.14. The predicted octanol–water partition coefficient (Wildman–Crippen LogP) is 4.75. The molecule has 0 atom stereocenters. The number of carbonyl (C=O) groups is 1. The first-order valence-corrected chi connectivity index (χ1v) is 9.64. The Hall–Kier alpha value is -2.70. The summed E-state index contributed by atoms with van der Waals surface area (Å²) in [6.07, 6.45) is 1.90. The number of anilines is 1. The van der Waals surface area contributed by atoms with Gasteiger partial charge in [0.05, 0.1) is 43.4 Å². The number of aromatic nitrogens is 2. The number of ether oxygens (including phenoxy) is 2. The minimum atomic E-state index is -0.166. The number of hydrogen-bond donors (Lipinski definition) is 1. The van der Waals surface area contributed by atoms with Crippen molar-refractivity contribution >= 4 is 34.9 Å². The lowest BCUT2D eigenvalue weighted by molar-refractivity contribution is -0.115. The smallest absolute Gasteiger partial charge is 0.229 e. The fraction of sp³-hybridized carbons (Fsp3) is 0.238. The number of rotatable bonds is 7. The zero-order chi connectivity index (χ0) is 21.0. The molecule has 8 heteroatoms. The zero-order valence-electron chi connectivity index (χ0n) is 16.3. The molecule has 0 saturated heterocycles. The molecule has 0 saturated carbocycles. The van der Waals surface area contributed by atoms with Crippen LogP contribution in [-0.4, -0.2) is 29.9 Å². The summed E-state index contributed by atoms with van der Waals surface area (Å²) in [4.78, 5) is 12.6. The zero-order valence-corrected chi connectivity index (χ0v) is 17.8. The van der Waals surface area contributed by atoms with E-state index < -0.39 is 0 Å². The van der Waals surface area contributed by atoms with Gasteiger partial charge in [-0.05, 0) is 42.3 Å². The number of hydrogen-bond acceptors (Lipinski definition) is 4. The third-order valence-corrected chi connectivity index (χ3v) is 5.15. The van der Waals surface area contributed by atoms with Crippen LogP contribution in [0.3, 0.4) is 0 Å². The molecule has 1 N–H and O–H groups in total. The van der Waals surface area contributed by atoms with Crippen molar-refractivity contribution in [2.45, 2.75) is 19.9 Å². The van der Waals surface area contributed by atoms with Crippen LogP contribution in [0.1, 0.15) is 16.7 Å². The van der Waals surface area contributed by atoms with Crippen LogP contribution in [0.4, 0.5) is 5.82 Å². The van der Waals surface area contributed by atoms with Gasteiger partial charge in [-0.1, -0.05) is 35.3 Å². The highest BCUT2D eigenvalue weighted by Crippen LogP contribution is 2.28. The van der Waals surface area contributed by atoms with Crippen molar-refractivity contribution in [3.63, 3.8) is 0 Å². The number of nitrogens with one attached hydrogen (secondary N) is 1. The van der Waals surface area contributed by atoms with Crippen LogP contribution < -0.4 is 14.8 Å². The number of carbonyl (C=O) groups excluding carboxylic acids is 1. The molecular formula is C21H21Cl2N3O3. The Labute approximate surface area is 179 Å². The van der Waals surface area contributed by atoms with Crippen LogP contribution in [-0.2, 0) is 17.8 Å². The van der Waals surface area contributed by atoms with Gasteiger partial charge in [-0.3, -0.25) is 4.79 Å². The standard InChI is InChI=1S/C21H21Cl2N3O3/c1-13-11-24-26(12-15-5-7-18(28-2)19(9-15)29-3)21(13)25-20(27)10-14-4-6-16(22)17(23)8-14/h4-9,11H,10,12H2,1-3H3,(H,25,27). The highest BCUT2D eigenvalue weighted by molar-refractivity contribution is 6.42. The Kier molecular flexibility index (Phi) is 6.67. The minimum Gasteiger partial charge on any atom is -0.493 e. The van der Waals surface area contributed by atoms with Gasteiger partial charge in [-0.15, -0.1) is 0 Å². The summed E-state index contributed by atoms with van der Waals surface area (Å²) in [6, 6.07) is 10.8. The Morgan fingerprint density at radius 3 is 2.45 bits per heavy atom. The lowest BCUT2D eigenvalue weighted by atomic mass is 10.1. The second kappa shape index (κ2) is 9.20. The van der Waals surface area contributed by atoms with E-state index >= 15 is 0 Å². The summed E-state index contributed by atoms with van der Waals surface area (Å²) in [5, 5.41) is 8.21. The second-order valence-corrected chi connectivity index (χ2v) is 7.31. The van der Waals surface area contributed by atoms with Gasteiger partial charge in [-0.25, -0.2) is 4.68 Å². The van der Waals surface area contributed by atoms with Crippen LogP contribution >= 0.6 is 23.2 Å². The van der Waals surface area contributed by atoms with Crippen molar-refractivity contribution < 1.29 is 14.3 Å². The normalized spacial score (nSPS) is 10.7. The second-order valence-electron chi connectivity index (χ2n) is 6.50. The first kappa shape index (κ1) is 21.0. The molecule has 0 fully saturated rings. The Bertz CT molecular complexity index is 1030. The van der Waals surface area contributed by atoms with E-state index in [0.717, 1.165) is 16.7 Å². The first-order chi connectivity index (χ1) is 13.9. The van der Waals surface area contributed by atoms with Crippen LogP contribution in [0, 0.1) is 6.92 Å². The lowest BCUT2D eigenvalue weighted by Gasteiger charge is -2.13. The summed E-state index contributed by atoms with van der Waals surface area (Å²) < 4.78 is 12.4. The molecule has 3 rings (SSSR count). The van der Waals surface area contributed by atoms with Crippen LogP contribution in [0.25, 0.3) is 0 Å². The van der Waals surface area contributed by atoms with E-state index in [9.17, 15) is 4.79 Å². The topological polar surface area (TPSA) is 65.4 Å². The molecule has 1 heterocycles. The largest absolute Gasteiger partial charge is 0.493 e. The molecule has 0 radical (unpaired) electrons.